The quantitative estimate of drug-likeness (QED) is 0.732. The first-order chi connectivity index (χ1) is 5.68. The number of carbonyl (C=O) groups is 1. The van der Waals surface area contributed by atoms with Crippen LogP contribution in [0.15, 0.2) is 10.5 Å². The third-order valence-electron chi connectivity index (χ3n) is 2.10. The van der Waals surface area contributed by atoms with Gasteiger partial charge in [-0.25, -0.2) is 4.79 Å². The van der Waals surface area contributed by atoms with Gasteiger partial charge in [0.2, 0.25) is 5.76 Å². The molecule has 1 heterocycles. The lowest BCUT2D eigenvalue weighted by Gasteiger charge is -1.92. The first-order valence-corrected chi connectivity index (χ1v) is 4.02. The van der Waals surface area contributed by atoms with E-state index < -0.39 is 5.97 Å². The van der Waals surface area contributed by atoms with Gasteiger partial charge in [0.1, 0.15) is 5.76 Å². The first-order valence-electron chi connectivity index (χ1n) is 4.02. The molecule has 1 aliphatic carbocycles. The average molecular weight is 166 g/mol. The molecular weight excluding hydrogens is 156 g/mol. The minimum atomic E-state index is -0.954. The third kappa shape index (κ3) is 1.11. The van der Waals surface area contributed by atoms with E-state index >= 15 is 0 Å². The van der Waals surface area contributed by atoms with E-state index in [0.717, 1.165) is 18.4 Å². The van der Waals surface area contributed by atoms with Gasteiger partial charge in [0.25, 0.3) is 0 Å². The molecule has 0 atom stereocenters. The Bertz CT molecular complexity index is 321. The Labute approximate surface area is 70.0 Å². The number of aryl methyl sites for hydroxylation is 1. The Morgan fingerprint density at radius 2 is 2.33 bits per heavy atom. The largest absolute Gasteiger partial charge is 0.475 e. The maximum Gasteiger partial charge on any atom is 0.372 e. The predicted octanol–water partition coefficient (Wildman–Crippen LogP) is 2.16. The fourth-order valence-corrected chi connectivity index (χ4v) is 1.40. The summed E-state index contributed by atoms with van der Waals surface area (Å²) < 4.78 is 5.08. The molecule has 1 aromatic heterocycles. The van der Waals surface area contributed by atoms with Crippen molar-refractivity contribution in [3.63, 3.8) is 0 Å². The van der Waals surface area contributed by atoms with Crippen molar-refractivity contribution in [3.05, 3.63) is 23.2 Å². The standard InChI is InChI=1S/C9H10O3/c1-5-4-7(6-2-3-6)8(12-5)9(10)11/h4,6H,2-3H2,1H3,(H,10,11). The number of furan rings is 1. The third-order valence-corrected chi connectivity index (χ3v) is 2.10. The molecule has 0 aliphatic heterocycles. The molecule has 1 aliphatic rings. The Kier molecular flexibility index (Phi) is 1.46. The van der Waals surface area contributed by atoms with Crippen LogP contribution in [0.1, 0.15) is 40.6 Å². The van der Waals surface area contributed by atoms with Crippen molar-refractivity contribution in [3.8, 4) is 0 Å². The lowest BCUT2D eigenvalue weighted by Crippen LogP contribution is -1.97. The van der Waals surface area contributed by atoms with Gasteiger partial charge in [-0.15, -0.1) is 0 Å². The molecule has 2 rings (SSSR count). The van der Waals surface area contributed by atoms with Crippen LogP contribution in [-0.4, -0.2) is 11.1 Å². The Hall–Kier alpha value is -1.25. The lowest BCUT2D eigenvalue weighted by molar-refractivity contribution is 0.0659. The van der Waals surface area contributed by atoms with E-state index in [1.54, 1.807) is 6.92 Å². The lowest BCUT2D eigenvalue weighted by atomic mass is 10.1. The molecule has 1 fully saturated rings. The van der Waals surface area contributed by atoms with Crippen LogP contribution in [0.4, 0.5) is 0 Å². The van der Waals surface area contributed by atoms with E-state index in [1.165, 1.54) is 0 Å². The number of hydrogen-bond donors (Lipinski definition) is 1. The highest BCUT2D eigenvalue weighted by molar-refractivity contribution is 5.86. The fraction of sp³-hybridized carbons (Fsp3) is 0.444. The molecule has 0 spiro atoms. The maximum atomic E-state index is 10.7. The molecule has 3 heteroatoms. The van der Waals surface area contributed by atoms with Crippen LogP contribution in [0, 0.1) is 6.92 Å². The summed E-state index contributed by atoms with van der Waals surface area (Å²) in [5.41, 5.74) is 0.875. The van der Waals surface area contributed by atoms with Crippen molar-refractivity contribution in [1.29, 1.82) is 0 Å². The molecule has 1 saturated carbocycles. The number of hydrogen-bond acceptors (Lipinski definition) is 2. The van der Waals surface area contributed by atoms with Gasteiger partial charge < -0.3 is 9.52 Å². The summed E-state index contributed by atoms with van der Waals surface area (Å²) >= 11 is 0. The van der Waals surface area contributed by atoms with Crippen LogP contribution >= 0.6 is 0 Å². The van der Waals surface area contributed by atoms with E-state index in [4.69, 9.17) is 9.52 Å². The predicted molar refractivity (Wildman–Crippen MR) is 42.4 cm³/mol. The smallest absolute Gasteiger partial charge is 0.372 e. The van der Waals surface area contributed by atoms with Gasteiger partial charge in [-0.1, -0.05) is 0 Å². The number of carboxylic acids is 1. The van der Waals surface area contributed by atoms with Crippen LogP contribution in [0.2, 0.25) is 0 Å². The summed E-state index contributed by atoms with van der Waals surface area (Å²) in [6.45, 7) is 1.78. The zero-order chi connectivity index (χ0) is 8.72. The summed E-state index contributed by atoms with van der Waals surface area (Å²) in [4.78, 5) is 10.7. The van der Waals surface area contributed by atoms with Gasteiger partial charge in [0.05, 0.1) is 0 Å². The van der Waals surface area contributed by atoms with Crippen molar-refractivity contribution in [2.75, 3.05) is 0 Å². The van der Waals surface area contributed by atoms with Crippen molar-refractivity contribution < 1.29 is 14.3 Å². The molecule has 0 saturated heterocycles. The van der Waals surface area contributed by atoms with E-state index in [0.29, 0.717) is 11.7 Å². The van der Waals surface area contributed by atoms with Crippen LogP contribution < -0.4 is 0 Å². The maximum absolute atomic E-state index is 10.7. The van der Waals surface area contributed by atoms with E-state index in [-0.39, 0.29) is 5.76 Å². The van der Waals surface area contributed by atoms with Crippen LogP contribution in [0.25, 0.3) is 0 Å². The molecule has 0 bridgehead atoms. The van der Waals surface area contributed by atoms with Gasteiger partial charge >= 0.3 is 5.97 Å². The van der Waals surface area contributed by atoms with Crippen LogP contribution in [0.3, 0.4) is 0 Å². The molecule has 1 N–H and O–H groups in total. The highest BCUT2D eigenvalue weighted by Crippen LogP contribution is 2.42. The van der Waals surface area contributed by atoms with E-state index in [1.807, 2.05) is 6.07 Å². The molecule has 12 heavy (non-hydrogen) atoms. The van der Waals surface area contributed by atoms with Crippen molar-refractivity contribution in [2.24, 2.45) is 0 Å². The number of carboxylic acid groups (broad SMARTS) is 1. The van der Waals surface area contributed by atoms with Gasteiger partial charge in [0.15, 0.2) is 0 Å². The van der Waals surface area contributed by atoms with Gasteiger partial charge in [0, 0.05) is 5.56 Å². The zero-order valence-corrected chi connectivity index (χ0v) is 6.83. The summed E-state index contributed by atoms with van der Waals surface area (Å²) in [6.07, 6.45) is 2.19. The average Bonchev–Trinajstić information content (AvgIpc) is 2.75. The van der Waals surface area contributed by atoms with Gasteiger partial charge in [-0.2, -0.15) is 0 Å². The molecular formula is C9H10O3. The van der Waals surface area contributed by atoms with Gasteiger partial charge in [-0.05, 0) is 31.7 Å². The topological polar surface area (TPSA) is 50.4 Å². The summed E-state index contributed by atoms with van der Waals surface area (Å²) in [7, 11) is 0. The number of aromatic carboxylic acids is 1. The normalized spacial score (nSPS) is 16.4. The van der Waals surface area contributed by atoms with Crippen LogP contribution in [-0.2, 0) is 0 Å². The Morgan fingerprint density at radius 3 is 2.83 bits per heavy atom. The highest BCUT2D eigenvalue weighted by Gasteiger charge is 2.30. The van der Waals surface area contributed by atoms with E-state index in [2.05, 4.69) is 0 Å². The molecule has 0 aromatic carbocycles. The monoisotopic (exact) mass is 166 g/mol. The summed E-state index contributed by atoms with van der Waals surface area (Å²) in [5, 5.41) is 8.76. The molecule has 1 aromatic rings. The molecule has 64 valence electrons. The highest BCUT2D eigenvalue weighted by atomic mass is 16.4. The van der Waals surface area contributed by atoms with Crippen molar-refractivity contribution in [1.82, 2.24) is 0 Å². The van der Waals surface area contributed by atoms with E-state index in [9.17, 15) is 4.79 Å². The van der Waals surface area contributed by atoms with Gasteiger partial charge in [-0.3, -0.25) is 0 Å². The first kappa shape index (κ1) is 7.40. The molecule has 3 nitrogen and oxygen atoms in total. The minimum Gasteiger partial charge on any atom is -0.475 e. The summed E-state index contributed by atoms with van der Waals surface area (Å²) in [5.74, 6) is 0.308. The second-order valence-electron chi connectivity index (χ2n) is 3.22. The molecule has 0 unspecified atom stereocenters. The Balaban J connectivity index is 2.43. The summed E-state index contributed by atoms with van der Waals surface area (Å²) in [6, 6.07) is 1.83. The molecule has 0 radical (unpaired) electrons. The fourth-order valence-electron chi connectivity index (χ4n) is 1.40. The second-order valence-corrected chi connectivity index (χ2v) is 3.22. The Morgan fingerprint density at radius 1 is 1.67 bits per heavy atom. The SMILES string of the molecule is Cc1cc(C2CC2)c(C(=O)O)o1. The minimum absolute atomic E-state index is 0.134. The van der Waals surface area contributed by atoms with Crippen molar-refractivity contribution >= 4 is 5.97 Å². The number of rotatable bonds is 2. The van der Waals surface area contributed by atoms with Crippen LogP contribution in [0.5, 0.6) is 0 Å². The van der Waals surface area contributed by atoms with Crippen molar-refractivity contribution in [2.45, 2.75) is 25.7 Å². The zero-order valence-electron chi connectivity index (χ0n) is 6.83. The second kappa shape index (κ2) is 2.37. The molecule has 0 amide bonds.